The molecule has 152 valence electrons. The first-order valence-corrected chi connectivity index (χ1v) is 8.49. The van der Waals surface area contributed by atoms with E-state index in [0.29, 0.717) is 23.4 Å². The summed E-state index contributed by atoms with van der Waals surface area (Å²) in [5.74, 6) is 4.38. The van der Waals surface area contributed by atoms with Crippen molar-refractivity contribution in [1.82, 2.24) is 30.6 Å². The van der Waals surface area contributed by atoms with Crippen LogP contribution in [0.25, 0.3) is 0 Å². The summed E-state index contributed by atoms with van der Waals surface area (Å²) in [5.41, 5.74) is 1.88. The van der Waals surface area contributed by atoms with Crippen LogP contribution in [0.3, 0.4) is 0 Å². The van der Waals surface area contributed by atoms with Crippen molar-refractivity contribution < 1.29 is 18.1 Å². The van der Waals surface area contributed by atoms with Gasteiger partial charge in [0.05, 0.1) is 11.4 Å². The molecule has 0 N–H and O–H groups in total. The maximum Gasteiger partial charge on any atom is 0.223 e. The number of aryl methyl sites for hydroxylation is 8. The van der Waals surface area contributed by atoms with Gasteiger partial charge in [-0.15, -0.1) is 0 Å². The zero-order chi connectivity index (χ0) is 21.1. The van der Waals surface area contributed by atoms with Crippen molar-refractivity contribution in [2.24, 2.45) is 0 Å². The maximum absolute atomic E-state index is 4.71. The fraction of sp³-hybridized carbons (Fsp3) is 0.444. The Balaban J connectivity index is 0.000000187. The second-order valence-corrected chi connectivity index (χ2v) is 5.88. The average Bonchev–Trinajstić information content (AvgIpc) is 3.37. The molecule has 4 aromatic rings. The summed E-state index contributed by atoms with van der Waals surface area (Å²) >= 11 is 0. The predicted octanol–water partition coefficient (Wildman–Crippen LogP) is 3.96. The molecule has 0 amide bonds. The second kappa shape index (κ2) is 11.4. The molecule has 10 nitrogen and oxygen atoms in total. The molecule has 0 bridgehead atoms. The van der Waals surface area contributed by atoms with E-state index in [1.807, 2.05) is 39.8 Å². The summed E-state index contributed by atoms with van der Waals surface area (Å²) in [6, 6.07) is 3.78. The van der Waals surface area contributed by atoms with Gasteiger partial charge in [0.2, 0.25) is 11.8 Å². The van der Waals surface area contributed by atoms with Gasteiger partial charge in [-0.25, -0.2) is 0 Å². The van der Waals surface area contributed by atoms with Crippen molar-refractivity contribution in [1.29, 1.82) is 0 Å². The van der Waals surface area contributed by atoms with E-state index >= 15 is 0 Å². The Morgan fingerprint density at radius 1 is 0.500 bits per heavy atom. The smallest absolute Gasteiger partial charge is 0.223 e. The summed E-state index contributed by atoms with van der Waals surface area (Å²) in [5, 5.41) is 14.3. The molecule has 4 aromatic heterocycles. The lowest BCUT2D eigenvalue weighted by Gasteiger charge is -1.65. The van der Waals surface area contributed by atoms with Gasteiger partial charge < -0.3 is 18.1 Å². The molecule has 0 aromatic carbocycles. The average molecular weight is 390 g/mol. The Bertz CT molecular complexity index is 718. The summed E-state index contributed by atoms with van der Waals surface area (Å²) in [7, 11) is 0. The minimum atomic E-state index is 0.623. The van der Waals surface area contributed by atoms with E-state index in [1.165, 1.54) is 0 Å². The number of rotatable bonds is 0. The number of nitrogens with zero attached hydrogens (tertiary/aromatic N) is 6. The first-order valence-electron chi connectivity index (χ1n) is 8.49. The standard InChI is InChI=1S/2C5H7NO.2C4H6N2O/c2*1-4-3-5(2)7-6-4;2*1-3-5-4(2)7-6-3/h2*3H,1-2H3;2*1-2H3. The highest BCUT2D eigenvalue weighted by Gasteiger charge is 1.91. The first kappa shape index (κ1) is 22.7. The molecule has 4 rings (SSSR count). The molecule has 0 aliphatic heterocycles. The quantitative estimate of drug-likeness (QED) is 0.435. The molecule has 0 saturated heterocycles. The van der Waals surface area contributed by atoms with Crippen LogP contribution in [0, 0.1) is 55.4 Å². The van der Waals surface area contributed by atoms with Crippen LogP contribution < -0.4 is 0 Å². The lowest BCUT2D eigenvalue weighted by atomic mass is 10.4. The number of aromatic nitrogens is 6. The van der Waals surface area contributed by atoms with E-state index in [1.54, 1.807) is 27.7 Å². The SMILES string of the molecule is Cc1cc(C)on1.Cc1cc(C)on1.Cc1noc(C)n1.Cc1noc(C)n1. The Labute approximate surface area is 163 Å². The molecule has 28 heavy (non-hydrogen) atoms. The van der Waals surface area contributed by atoms with Crippen LogP contribution >= 0.6 is 0 Å². The van der Waals surface area contributed by atoms with Crippen molar-refractivity contribution in [3.05, 3.63) is 58.5 Å². The van der Waals surface area contributed by atoms with Crippen molar-refractivity contribution in [3.8, 4) is 0 Å². The van der Waals surface area contributed by atoms with E-state index in [-0.39, 0.29) is 0 Å². The molecule has 4 heterocycles. The highest BCUT2D eigenvalue weighted by Crippen LogP contribution is 1.97. The third kappa shape index (κ3) is 10.00. The van der Waals surface area contributed by atoms with Crippen LogP contribution in [0.1, 0.15) is 46.3 Å². The van der Waals surface area contributed by atoms with Gasteiger partial charge in [0.1, 0.15) is 11.5 Å². The van der Waals surface area contributed by atoms with Gasteiger partial charge >= 0.3 is 0 Å². The summed E-state index contributed by atoms with van der Waals surface area (Å²) < 4.78 is 18.6. The lowest BCUT2D eigenvalue weighted by molar-refractivity contribution is 0.389. The highest BCUT2D eigenvalue weighted by molar-refractivity contribution is 5.00. The second-order valence-electron chi connectivity index (χ2n) is 5.88. The monoisotopic (exact) mass is 390 g/mol. The number of hydrogen-bond donors (Lipinski definition) is 0. The summed E-state index contributed by atoms with van der Waals surface area (Å²) in [4.78, 5) is 7.67. The molecule has 10 heteroatoms. The van der Waals surface area contributed by atoms with Crippen LogP contribution in [-0.2, 0) is 0 Å². The Morgan fingerprint density at radius 3 is 0.929 bits per heavy atom. The number of hydrogen-bond acceptors (Lipinski definition) is 10. The van der Waals surface area contributed by atoms with E-state index in [9.17, 15) is 0 Å². The van der Waals surface area contributed by atoms with Crippen LogP contribution in [0.2, 0.25) is 0 Å². The van der Waals surface area contributed by atoms with Crippen LogP contribution in [0.15, 0.2) is 30.2 Å². The molecule has 0 aliphatic rings. The van der Waals surface area contributed by atoms with Gasteiger partial charge in [-0.05, 0) is 41.5 Å². The fourth-order valence-corrected chi connectivity index (χ4v) is 1.78. The van der Waals surface area contributed by atoms with Crippen molar-refractivity contribution in [2.75, 3.05) is 0 Å². The molecular formula is C18H26N6O4. The Hall–Kier alpha value is -3.30. The van der Waals surface area contributed by atoms with E-state index < -0.39 is 0 Å². The van der Waals surface area contributed by atoms with E-state index in [2.05, 4.69) is 39.6 Å². The Morgan fingerprint density at radius 2 is 0.857 bits per heavy atom. The highest BCUT2D eigenvalue weighted by atomic mass is 16.5. The van der Waals surface area contributed by atoms with Gasteiger partial charge in [0, 0.05) is 26.0 Å². The first-order chi connectivity index (χ1) is 13.2. The lowest BCUT2D eigenvalue weighted by Crippen LogP contribution is -1.70. The van der Waals surface area contributed by atoms with Crippen molar-refractivity contribution >= 4 is 0 Å². The summed E-state index contributed by atoms with van der Waals surface area (Å²) in [6.07, 6.45) is 0. The van der Waals surface area contributed by atoms with Gasteiger partial charge in [-0.2, -0.15) is 9.97 Å². The third-order valence-electron chi connectivity index (χ3n) is 2.75. The Kier molecular flexibility index (Phi) is 9.28. The minimum Gasteiger partial charge on any atom is -0.361 e. The van der Waals surface area contributed by atoms with Crippen molar-refractivity contribution in [2.45, 2.75) is 55.4 Å². The third-order valence-corrected chi connectivity index (χ3v) is 2.75. The minimum absolute atomic E-state index is 0.623. The molecule has 0 radical (unpaired) electrons. The van der Waals surface area contributed by atoms with E-state index in [0.717, 1.165) is 22.9 Å². The summed E-state index contributed by atoms with van der Waals surface area (Å²) in [6.45, 7) is 14.7. The predicted molar refractivity (Wildman–Crippen MR) is 99.5 cm³/mol. The van der Waals surface area contributed by atoms with Crippen LogP contribution in [0.5, 0.6) is 0 Å². The molecule has 0 fully saturated rings. The van der Waals surface area contributed by atoms with Gasteiger partial charge in [-0.3, -0.25) is 0 Å². The molecule has 0 saturated carbocycles. The zero-order valence-electron chi connectivity index (χ0n) is 17.5. The maximum atomic E-state index is 4.71. The van der Waals surface area contributed by atoms with Gasteiger partial charge in [0.25, 0.3) is 0 Å². The van der Waals surface area contributed by atoms with Crippen molar-refractivity contribution in [3.63, 3.8) is 0 Å². The normalized spacial score (nSPS) is 9.43. The van der Waals surface area contributed by atoms with Gasteiger partial charge in [0.15, 0.2) is 11.6 Å². The molecule has 0 spiro atoms. The topological polar surface area (TPSA) is 130 Å². The van der Waals surface area contributed by atoms with Crippen LogP contribution in [-0.4, -0.2) is 30.6 Å². The molecule has 0 atom stereocenters. The molecule has 0 unspecified atom stereocenters. The molecular weight excluding hydrogens is 364 g/mol. The molecule has 0 aliphatic carbocycles. The fourth-order valence-electron chi connectivity index (χ4n) is 1.78. The van der Waals surface area contributed by atoms with Crippen LogP contribution in [0.4, 0.5) is 0 Å². The van der Waals surface area contributed by atoms with Gasteiger partial charge in [-0.1, -0.05) is 20.6 Å². The zero-order valence-corrected chi connectivity index (χ0v) is 17.5. The van der Waals surface area contributed by atoms with E-state index in [4.69, 9.17) is 9.05 Å². The largest absolute Gasteiger partial charge is 0.361 e.